The van der Waals surface area contributed by atoms with Crippen molar-refractivity contribution in [2.45, 2.75) is 24.7 Å². The van der Waals surface area contributed by atoms with Gasteiger partial charge in [-0.2, -0.15) is 69.5 Å². The van der Waals surface area contributed by atoms with Gasteiger partial charge in [-0.1, -0.05) is 24.3 Å². The number of hydrogen-bond acceptors (Lipinski definition) is 3. The van der Waals surface area contributed by atoms with Gasteiger partial charge in [-0.15, -0.1) is 4.95 Å². The Labute approximate surface area is 293 Å². The molecule has 0 aliphatic rings. The van der Waals surface area contributed by atoms with E-state index in [2.05, 4.69) is 15.0 Å². The summed E-state index contributed by atoms with van der Waals surface area (Å²) >= 11 is 0. The van der Waals surface area contributed by atoms with Gasteiger partial charge in [0.2, 0.25) is 6.19 Å². The van der Waals surface area contributed by atoms with Crippen molar-refractivity contribution in [1.29, 1.82) is 5.26 Å². The van der Waals surface area contributed by atoms with E-state index in [-0.39, 0.29) is 44.7 Å². The number of alkyl halides is 12. The van der Waals surface area contributed by atoms with E-state index in [1.165, 1.54) is 36.4 Å². The molecule has 0 unspecified atom stereocenters. The summed E-state index contributed by atoms with van der Waals surface area (Å²) in [6, 6.07) is 13.4. The molecule has 16 heteroatoms. The molecule has 7 aromatic rings. The molecule has 0 spiro atoms. The Morgan fingerprint density at radius 2 is 0.778 bits per heavy atom. The summed E-state index contributed by atoms with van der Waals surface area (Å²) in [5, 5.41) is 16.1. The lowest BCUT2D eigenvalue weighted by molar-refractivity contribution is -0.144. The van der Waals surface area contributed by atoms with E-state index in [1.54, 1.807) is 18.3 Å². The summed E-state index contributed by atoms with van der Waals surface area (Å²) in [4.78, 5) is 7.00. The first kappa shape index (κ1) is 36.0. The second kappa shape index (κ2) is 12.1. The van der Waals surface area contributed by atoms with Crippen molar-refractivity contribution in [2.24, 2.45) is 10.1 Å². The minimum atomic E-state index is -5.10. The smallest absolute Gasteiger partial charge is 0.181 e. The van der Waals surface area contributed by atoms with Gasteiger partial charge in [0.25, 0.3) is 0 Å². The third-order valence-electron chi connectivity index (χ3n) is 8.95. The van der Waals surface area contributed by atoms with Gasteiger partial charge in [0, 0.05) is 21.5 Å². The fourth-order valence-corrected chi connectivity index (χ4v) is 6.61. The van der Waals surface area contributed by atoms with Crippen LogP contribution in [0.3, 0.4) is 0 Å². The summed E-state index contributed by atoms with van der Waals surface area (Å²) in [6.07, 6.45) is -18.7. The van der Waals surface area contributed by atoms with E-state index < -0.39 is 58.1 Å². The third-order valence-corrected chi connectivity index (χ3v) is 8.95. The van der Waals surface area contributed by atoms with Crippen LogP contribution in [0.25, 0.3) is 70.3 Å². The number of rotatable bonds is 2. The molecule has 270 valence electrons. The molecule has 54 heavy (non-hydrogen) atoms. The Kier molecular flexibility index (Phi) is 8.03. The Bertz CT molecular complexity index is 2640. The molecule has 0 saturated heterocycles. The molecule has 0 aromatic heterocycles. The molecule has 0 saturated carbocycles. The minimum Gasteiger partial charge on any atom is -0.181 e. The van der Waals surface area contributed by atoms with Crippen LogP contribution in [-0.4, -0.2) is 0 Å². The lowest BCUT2D eigenvalue weighted by Gasteiger charge is -2.14. The number of benzene rings is 5. The molecule has 7 rings (SSSR count). The van der Waals surface area contributed by atoms with Crippen molar-refractivity contribution >= 4 is 43.1 Å². The second-order valence-corrected chi connectivity index (χ2v) is 12.2. The number of hydrogen-bond donors (Lipinski definition) is 0. The van der Waals surface area contributed by atoms with Crippen molar-refractivity contribution in [3.05, 3.63) is 129 Å². The fourth-order valence-electron chi connectivity index (χ4n) is 6.61. The lowest BCUT2D eigenvalue weighted by Crippen LogP contribution is -2.11. The quantitative estimate of drug-likeness (QED) is 0.0750. The Balaban J connectivity index is 1.48. The highest BCUT2D eigenvalue weighted by atomic mass is 19.4. The van der Waals surface area contributed by atoms with Crippen molar-refractivity contribution in [1.82, 2.24) is 0 Å². The van der Waals surface area contributed by atoms with Crippen LogP contribution in [0, 0.1) is 18.0 Å². The average molecular weight is 755 g/mol. The van der Waals surface area contributed by atoms with E-state index in [0.29, 0.717) is 56.6 Å². The number of halogens is 12. The molecule has 4 nitrogen and oxygen atoms in total. The Morgan fingerprint density at radius 1 is 0.426 bits per heavy atom. The van der Waals surface area contributed by atoms with E-state index in [0.717, 1.165) is 0 Å². The summed E-state index contributed by atoms with van der Waals surface area (Å²) in [5.41, 5.74) is -7.01. The first-order chi connectivity index (χ1) is 25.2. The topological polar surface area (TPSA) is 52.9 Å². The molecular formula is C38H14F12N4. The predicted octanol–water partition coefficient (Wildman–Crippen LogP) is 11.7. The molecule has 0 atom stereocenters. The zero-order valence-electron chi connectivity index (χ0n) is 26.4. The molecule has 0 fully saturated rings. The van der Waals surface area contributed by atoms with E-state index in [4.69, 9.17) is 6.57 Å². The van der Waals surface area contributed by atoms with E-state index in [9.17, 15) is 57.9 Å². The standard InChI is InChI=1S/C38H14F12N4/c1-52-54-34-30-11-18(20-8-23(37(45,46)47)13-24(9-20)38(48,49)50)3-5-26(30)28-14-31-27(15-32(28)34)25-4-2-17(10-29(25)33(31)53-16-51)19-6-21(35(39,40)41)12-22(7-19)36(42,43)44/h2-15H. The van der Waals surface area contributed by atoms with Crippen LogP contribution in [0.5, 0.6) is 0 Å². The summed E-state index contributed by atoms with van der Waals surface area (Å²) in [7, 11) is 0. The van der Waals surface area contributed by atoms with Gasteiger partial charge in [-0.05, 0) is 104 Å². The Hall–Kier alpha value is -6.42. The van der Waals surface area contributed by atoms with Crippen LogP contribution in [-0.2, 0) is 24.7 Å². The van der Waals surface area contributed by atoms with Gasteiger partial charge in [-0.25, -0.2) is 0 Å². The summed E-state index contributed by atoms with van der Waals surface area (Å²) in [5.74, 6) is 0. The lowest BCUT2D eigenvalue weighted by atomic mass is 9.97. The zero-order valence-corrected chi connectivity index (χ0v) is 26.4. The summed E-state index contributed by atoms with van der Waals surface area (Å²) in [6.45, 7) is 7.42. The third kappa shape index (κ3) is 6.13. The van der Waals surface area contributed by atoms with E-state index in [1.807, 2.05) is 0 Å². The molecule has 0 aliphatic carbocycles. The molecule has 0 aliphatic heterocycles. The van der Waals surface area contributed by atoms with Gasteiger partial charge >= 0.3 is 24.7 Å². The van der Waals surface area contributed by atoms with Crippen molar-refractivity contribution < 1.29 is 52.7 Å². The number of fused-ring (bicyclic) bond motifs is 6. The molecule has 0 N–H and O–H groups in total. The number of nitriles is 1. The van der Waals surface area contributed by atoms with Gasteiger partial charge in [0.05, 0.1) is 32.7 Å². The number of nitrogens with zero attached hydrogens (tertiary/aromatic N) is 4. The first-order valence-corrected chi connectivity index (χ1v) is 15.2. The maximum absolute atomic E-state index is 13.6. The second-order valence-electron chi connectivity index (χ2n) is 12.2. The molecular weight excluding hydrogens is 740 g/mol. The SMILES string of the molecule is [C-]#[N+]N=c1c2cc(-c3cc(C(F)(F)F)cc(C(F)(F)F)c3)ccc2c2cc3c(=NC#N)c4cc(-c5cc(C(F)(F)F)cc(C(F)(F)F)c5)ccc4c3cc12. The summed E-state index contributed by atoms with van der Waals surface area (Å²) < 4.78 is 163. The normalized spacial score (nSPS) is 13.7. The molecule has 0 radical (unpaired) electrons. The minimum absolute atomic E-state index is 0.000673. The van der Waals surface area contributed by atoms with Crippen molar-refractivity contribution in [2.75, 3.05) is 0 Å². The van der Waals surface area contributed by atoms with Crippen LogP contribution in [0.15, 0.2) is 95.0 Å². The van der Waals surface area contributed by atoms with Gasteiger partial charge < -0.3 is 0 Å². The maximum atomic E-state index is 13.6. The monoisotopic (exact) mass is 754 g/mol. The fraction of sp³-hybridized carbons (Fsp3) is 0.105. The van der Waals surface area contributed by atoms with Crippen LogP contribution in [0.4, 0.5) is 52.7 Å². The maximum Gasteiger partial charge on any atom is 0.416 e. The van der Waals surface area contributed by atoms with Crippen LogP contribution in [0.1, 0.15) is 22.3 Å². The Morgan fingerprint density at radius 3 is 1.13 bits per heavy atom. The molecule has 0 heterocycles. The van der Waals surface area contributed by atoms with E-state index >= 15 is 0 Å². The highest BCUT2D eigenvalue weighted by Gasteiger charge is 2.38. The highest BCUT2D eigenvalue weighted by Crippen LogP contribution is 2.42. The molecule has 0 bridgehead atoms. The largest absolute Gasteiger partial charge is 0.416 e. The first-order valence-electron chi connectivity index (χ1n) is 15.2. The molecule has 0 amide bonds. The van der Waals surface area contributed by atoms with Gasteiger partial charge in [-0.3, -0.25) is 0 Å². The van der Waals surface area contributed by atoms with Crippen molar-refractivity contribution in [3.63, 3.8) is 0 Å². The van der Waals surface area contributed by atoms with Crippen LogP contribution < -0.4 is 10.7 Å². The zero-order chi connectivity index (χ0) is 39.1. The highest BCUT2D eigenvalue weighted by molar-refractivity contribution is 6.21. The van der Waals surface area contributed by atoms with Crippen LogP contribution in [0.2, 0.25) is 0 Å². The molecule has 7 aromatic carbocycles. The van der Waals surface area contributed by atoms with Crippen LogP contribution >= 0.6 is 0 Å². The predicted molar refractivity (Wildman–Crippen MR) is 173 cm³/mol. The van der Waals surface area contributed by atoms with Gasteiger partial charge in [0.15, 0.2) is 5.36 Å². The van der Waals surface area contributed by atoms with Crippen molar-refractivity contribution in [3.8, 4) is 28.4 Å². The van der Waals surface area contributed by atoms with Gasteiger partial charge in [0.1, 0.15) is 0 Å². The average Bonchev–Trinajstić information content (AvgIpc) is 3.56.